The Morgan fingerprint density at radius 2 is 1.86 bits per heavy atom. The maximum atomic E-state index is 13.5. The van der Waals surface area contributed by atoms with Crippen LogP contribution in [-0.2, 0) is 27.3 Å². The molecule has 2 amide bonds. The van der Waals surface area contributed by atoms with Crippen LogP contribution in [0.4, 0.5) is 0 Å². The Bertz CT molecular complexity index is 1120. The highest BCUT2D eigenvalue weighted by Crippen LogP contribution is 2.32. The lowest BCUT2D eigenvalue weighted by molar-refractivity contribution is -0.144. The van der Waals surface area contributed by atoms with E-state index in [0.29, 0.717) is 12.1 Å². The monoisotopic (exact) mass is 505 g/mol. The smallest absolute Gasteiger partial charge is 0.426 e. The Balaban J connectivity index is 1.45. The van der Waals surface area contributed by atoms with Gasteiger partial charge in [-0.1, -0.05) is 73.6 Å². The van der Waals surface area contributed by atoms with Crippen LogP contribution >= 0.6 is 0 Å². The van der Waals surface area contributed by atoms with Crippen LogP contribution in [0.15, 0.2) is 59.8 Å². The topological polar surface area (TPSA) is 120 Å². The van der Waals surface area contributed by atoms with Gasteiger partial charge in [0.05, 0.1) is 24.1 Å². The van der Waals surface area contributed by atoms with Gasteiger partial charge in [-0.05, 0) is 48.3 Å². The quantitative estimate of drug-likeness (QED) is 0.370. The van der Waals surface area contributed by atoms with Crippen molar-refractivity contribution >= 4 is 24.6 Å². The summed E-state index contributed by atoms with van der Waals surface area (Å²) in [6.07, 6.45) is 3.59. The van der Waals surface area contributed by atoms with E-state index in [1.165, 1.54) is 5.56 Å². The van der Waals surface area contributed by atoms with E-state index < -0.39 is 24.6 Å². The van der Waals surface area contributed by atoms with Crippen molar-refractivity contribution in [1.82, 2.24) is 10.6 Å². The highest BCUT2D eigenvalue weighted by molar-refractivity contribution is 6.43. The lowest BCUT2D eigenvalue weighted by Gasteiger charge is -2.29. The van der Waals surface area contributed by atoms with E-state index in [1.54, 1.807) is 0 Å². The zero-order chi connectivity index (χ0) is 26.4. The molecule has 9 heteroatoms. The maximum Gasteiger partial charge on any atom is 0.475 e. The molecule has 0 aromatic heterocycles. The first-order chi connectivity index (χ1) is 17.8. The molecule has 3 atom stereocenters. The molecule has 4 rings (SSSR count). The lowest BCUT2D eigenvalue weighted by Crippen LogP contribution is -2.56. The van der Waals surface area contributed by atoms with Crippen LogP contribution in [0.25, 0.3) is 0 Å². The molecule has 196 valence electrons. The number of rotatable bonds is 10. The third-order valence-electron chi connectivity index (χ3n) is 7.14. The number of aryl methyl sites for hydroxylation is 1. The van der Waals surface area contributed by atoms with E-state index in [9.17, 15) is 19.6 Å². The third-order valence-corrected chi connectivity index (χ3v) is 7.14. The molecule has 1 aliphatic carbocycles. The molecule has 1 aliphatic heterocycles. The molecule has 0 fully saturated rings. The molecule has 1 heterocycles. The molecular weight excluding hydrogens is 469 g/mol. The summed E-state index contributed by atoms with van der Waals surface area (Å²) >= 11 is 0. The fraction of sp³-hybridized carbons (Fsp3) is 0.464. The molecule has 2 aromatic rings. The van der Waals surface area contributed by atoms with Gasteiger partial charge in [0.2, 0.25) is 11.5 Å². The zero-order valence-corrected chi connectivity index (χ0v) is 21.5. The molecule has 2 aromatic carbocycles. The number of hydrogen-bond acceptors (Lipinski definition) is 6. The van der Waals surface area contributed by atoms with Gasteiger partial charge in [0.1, 0.15) is 0 Å². The van der Waals surface area contributed by atoms with Gasteiger partial charge < -0.3 is 25.5 Å². The van der Waals surface area contributed by atoms with Crippen molar-refractivity contribution in [3.63, 3.8) is 0 Å². The minimum atomic E-state index is -1.69. The van der Waals surface area contributed by atoms with Gasteiger partial charge in [0.25, 0.3) is 5.91 Å². The number of oxime groups is 1. The van der Waals surface area contributed by atoms with Gasteiger partial charge in [-0.25, -0.2) is 0 Å². The standard InChI is InChI=1S/C28H36BN3O5/c1-19(2)15-25(29(35)36)31-27(34)28(16-20-9-4-3-5-10-20)17-22(32-37-28)18-30-26(33)24-14-8-12-21-11-6-7-13-23(21)24/h3-7,9-11,13,19,24-25,35-36H,8,12,14-18H2,1-2H3,(H,30,33)(H,31,34)/t24?,25-,28?/m0/s1. The van der Waals surface area contributed by atoms with Gasteiger partial charge in [-0.2, -0.15) is 0 Å². The molecule has 2 unspecified atom stereocenters. The van der Waals surface area contributed by atoms with Crippen molar-refractivity contribution in [2.45, 2.75) is 69.8 Å². The van der Waals surface area contributed by atoms with Crippen LogP contribution in [0.2, 0.25) is 0 Å². The Labute approximate surface area is 218 Å². The summed E-state index contributed by atoms with van der Waals surface area (Å²) < 4.78 is 0. The first-order valence-corrected chi connectivity index (χ1v) is 13.1. The van der Waals surface area contributed by atoms with Crippen molar-refractivity contribution in [1.29, 1.82) is 0 Å². The highest BCUT2D eigenvalue weighted by atomic mass is 16.7. The van der Waals surface area contributed by atoms with Crippen molar-refractivity contribution in [2.24, 2.45) is 11.1 Å². The lowest BCUT2D eigenvalue weighted by atomic mass is 9.74. The molecule has 0 bridgehead atoms. The second-order valence-electron chi connectivity index (χ2n) is 10.6. The molecule has 0 radical (unpaired) electrons. The Hall–Kier alpha value is -3.17. The first kappa shape index (κ1) is 26.9. The van der Waals surface area contributed by atoms with E-state index in [-0.39, 0.29) is 37.1 Å². The second kappa shape index (κ2) is 11.9. The van der Waals surface area contributed by atoms with Crippen LogP contribution in [0.3, 0.4) is 0 Å². The summed E-state index contributed by atoms with van der Waals surface area (Å²) in [5.41, 5.74) is 2.40. The van der Waals surface area contributed by atoms with Crippen LogP contribution in [-0.4, -0.2) is 52.8 Å². The average Bonchev–Trinajstić information content (AvgIpc) is 3.30. The number of carbonyl (C=O) groups is 2. The molecule has 0 saturated carbocycles. The molecule has 8 nitrogen and oxygen atoms in total. The third kappa shape index (κ3) is 6.59. The minimum Gasteiger partial charge on any atom is -0.426 e. The molecular formula is C28H36BN3O5. The van der Waals surface area contributed by atoms with Crippen LogP contribution in [0, 0.1) is 5.92 Å². The molecule has 0 saturated heterocycles. The fourth-order valence-electron chi connectivity index (χ4n) is 5.26. The minimum absolute atomic E-state index is 0.0553. The number of fused-ring (bicyclic) bond motifs is 1. The number of nitrogens with one attached hydrogen (secondary N) is 2. The van der Waals surface area contributed by atoms with Crippen LogP contribution in [0.5, 0.6) is 0 Å². The molecule has 0 spiro atoms. The van der Waals surface area contributed by atoms with Crippen LogP contribution < -0.4 is 10.6 Å². The summed E-state index contributed by atoms with van der Waals surface area (Å²) in [4.78, 5) is 32.4. The first-order valence-electron chi connectivity index (χ1n) is 13.1. The van der Waals surface area contributed by atoms with Gasteiger partial charge in [0.15, 0.2) is 0 Å². The van der Waals surface area contributed by atoms with E-state index in [0.717, 1.165) is 30.4 Å². The number of hydrogen-bond donors (Lipinski definition) is 4. The Morgan fingerprint density at radius 1 is 1.14 bits per heavy atom. The predicted molar refractivity (Wildman–Crippen MR) is 143 cm³/mol. The number of amides is 2. The summed E-state index contributed by atoms with van der Waals surface area (Å²) in [5, 5.41) is 29.7. The summed E-state index contributed by atoms with van der Waals surface area (Å²) in [5.74, 6) is -1.40. The Morgan fingerprint density at radius 3 is 2.59 bits per heavy atom. The fourth-order valence-corrected chi connectivity index (χ4v) is 5.26. The van der Waals surface area contributed by atoms with E-state index in [4.69, 9.17) is 4.84 Å². The van der Waals surface area contributed by atoms with Crippen molar-refractivity contribution in [3.05, 3.63) is 71.3 Å². The Kier molecular flexibility index (Phi) is 8.66. The SMILES string of the molecule is CC(C)C[C@H](NC(=O)C1(Cc2ccccc2)CC(CNC(=O)C2CCCc3ccccc32)=NO1)B(O)O. The zero-order valence-electron chi connectivity index (χ0n) is 21.5. The van der Waals surface area contributed by atoms with E-state index in [1.807, 2.05) is 62.4 Å². The number of carbonyl (C=O) groups excluding carboxylic acids is 2. The maximum absolute atomic E-state index is 13.5. The van der Waals surface area contributed by atoms with Gasteiger partial charge >= 0.3 is 7.12 Å². The molecule has 37 heavy (non-hydrogen) atoms. The van der Waals surface area contributed by atoms with Crippen molar-refractivity contribution in [2.75, 3.05) is 6.54 Å². The normalized spacial score (nSPS) is 21.4. The number of nitrogens with zero attached hydrogens (tertiary/aromatic N) is 1. The van der Waals surface area contributed by atoms with Gasteiger partial charge in [0, 0.05) is 12.8 Å². The van der Waals surface area contributed by atoms with Gasteiger partial charge in [-0.3, -0.25) is 9.59 Å². The largest absolute Gasteiger partial charge is 0.475 e. The summed E-state index contributed by atoms with van der Waals surface area (Å²) in [7, 11) is -1.69. The summed E-state index contributed by atoms with van der Waals surface area (Å²) in [6, 6.07) is 17.6. The van der Waals surface area contributed by atoms with E-state index in [2.05, 4.69) is 21.9 Å². The highest BCUT2D eigenvalue weighted by Gasteiger charge is 2.48. The summed E-state index contributed by atoms with van der Waals surface area (Å²) in [6.45, 7) is 4.07. The van der Waals surface area contributed by atoms with Crippen LogP contribution in [0.1, 0.15) is 62.1 Å². The van der Waals surface area contributed by atoms with Gasteiger partial charge in [-0.15, -0.1) is 0 Å². The van der Waals surface area contributed by atoms with Crippen molar-refractivity contribution in [3.8, 4) is 0 Å². The molecule has 2 aliphatic rings. The molecule has 4 N–H and O–H groups in total. The predicted octanol–water partition coefficient (Wildman–Crippen LogP) is 2.52. The number of benzene rings is 2. The average molecular weight is 505 g/mol. The van der Waals surface area contributed by atoms with Crippen molar-refractivity contribution < 1.29 is 24.5 Å². The second-order valence-corrected chi connectivity index (χ2v) is 10.6. The van der Waals surface area contributed by atoms with E-state index >= 15 is 0 Å².